The predicted octanol–water partition coefficient (Wildman–Crippen LogP) is 0.131. The first kappa shape index (κ1) is 19.5. The number of β-amino-alcohol motifs (C(OH)–C–C–N with tert-alkyl or cyclic N) is 1. The van der Waals surface area contributed by atoms with Crippen LogP contribution < -0.4 is 0 Å². The number of aldehydes is 1. The molecule has 2 atom stereocenters. The quantitative estimate of drug-likeness (QED) is 0.745. The third-order valence-corrected chi connectivity index (χ3v) is 4.94. The maximum Gasteiger partial charge on any atom is 0.134 e. The fourth-order valence-electron chi connectivity index (χ4n) is 3.12. The monoisotopic (exact) mass is 314 g/mol. The van der Waals surface area contributed by atoms with Gasteiger partial charge in [0.15, 0.2) is 0 Å². The van der Waals surface area contributed by atoms with E-state index in [2.05, 4.69) is 47.5 Å². The molecule has 2 heterocycles. The van der Waals surface area contributed by atoms with Gasteiger partial charge in [-0.3, -0.25) is 19.6 Å². The summed E-state index contributed by atoms with van der Waals surface area (Å²) in [6.07, 6.45) is 4.30. The number of carbonyl (C=O) groups excluding carboxylic acids is 1. The lowest BCUT2D eigenvalue weighted by Crippen LogP contribution is -2.51. The molecule has 0 aromatic carbocycles. The normalized spacial score (nSPS) is 29.0. The summed E-state index contributed by atoms with van der Waals surface area (Å²) in [4.78, 5) is 19.4. The molecule has 0 aromatic rings. The lowest BCUT2D eigenvalue weighted by atomic mass is 10.2. The van der Waals surface area contributed by atoms with Gasteiger partial charge in [0, 0.05) is 32.7 Å². The van der Waals surface area contributed by atoms with Gasteiger partial charge in [0.1, 0.15) is 6.29 Å². The Labute approximate surface area is 135 Å². The highest BCUT2D eigenvalue weighted by Crippen LogP contribution is 2.11. The van der Waals surface area contributed by atoms with Crippen molar-refractivity contribution in [1.82, 2.24) is 19.6 Å². The van der Waals surface area contributed by atoms with Crippen LogP contribution in [0.1, 0.15) is 26.7 Å². The number of hydrogen-bond acceptors (Lipinski definition) is 6. The predicted molar refractivity (Wildman–Crippen MR) is 89.7 cm³/mol. The van der Waals surface area contributed by atoms with E-state index in [0.717, 1.165) is 32.5 Å². The Balaban J connectivity index is 0.000000220. The Morgan fingerprint density at radius 2 is 1.45 bits per heavy atom. The number of aliphatic hydroxyl groups is 1. The van der Waals surface area contributed by atoms with E-state index in [0.29, 0.717) is 18.9 Å². The van der Waals surface area contributed by atoms with Gasteiger partial charge in [-0.05, 0) is 40.8 Å². The molecule has 2 unspecified atom stereocenters. The molecule has 0 bridgehead atoms. The first-order valence-electron chi connectivity index (χ1n) is 8.44. The van der Waals surface area contributed by atoms with Crippen LogP contribution in [0.5, 0.6) is 0 Å². The summed E-state index contributed by atoms with van der Waals surface area (Å²) in [6, 6.07) is 0. The standard InChI is InChI=1S/C8H18N2O.C8H16N2O/c2*1-8-9(2)4-3-5-10(8)6-7-11/h8,11H,3-7H2,1-2H3;7-8H,3-6H2,1-2H3. The second-order valence-electron chi connectivity index (χ2n) is 6.35. The molecule has 0 amide bonds. The second kappa shape index (κ2) is 10.3. The number of aliphatic hydroxyl groups excluding tert-OH is 1. The van der Waals surface area contributed by atoms with Crippen molar-refractivity contribution < 1.29 is 9.90 Å². The Kier molecular flexibility index (Phi) is 9.12. The van der Waals surface area contributed by atoms with Crippen molar-refractivity contribution in [3.05, 3.63) is 0 Å². The number of hydrogen-bond donors (Lipinski definition) is 1. The third kappa shape index (κ3) is 5.93. The van der Waals surface area contributed by atoms with Crippen LogP contribution in [-0.4, -0.2) is 103 Å². The van der Waals surface area contributed by atoms with Crippen LogP contribution in [0.15, 0.2) is 0 Å². The molecule has 0 aromatic heterocycles. The van der Waals surface area contributed by atoms with Crippen molar-refractivity contribution in [2.75, 3.05) is 60.0 Å². The van der Waals surface area contributed by atoms with E-state index in [1.165, 1.54) is 19.4 Å². The van der Waals surface area contributed by atoms with Gasteiger partial charge in [-0.25, -0.2) is 0 Å². The van der Waals surface area contributed by atoms with Crippen LogP contribution in [0, 0.1) is 0 Å². The van der Waals surface area contributed by atoms with Crippen LogP contribution in [0.25, 0.3) is 0 Å². The molecule has 0 aliphatic carbocycles. The molecule has 1 N–H and O–H groups in total. The van der Waals surface area contributed by atoms with Gasteiger partial charge >= 0.3 is 0 Å². The highest BCUT2D eigenvalue weighted by molar-refractivity contribution is 5.52. The van der Waals surface area contributed by atoms with Gasteiger partial charge in [0.05, 0.1) is 25.5 Å². The number of nitrogens with zero attached hydrogens (tertiary/aromatic N) is 4. The number of rotatable bonds is 4. The summed E-state index contributed by atoms with van der Waals surface area (Å²) < 4.78 is 0. The van der Waals surface area contributed by atoms with Crippen molar-refractivity contribution in [1.29, 1.82) is 0 Å². The summed E-state index contributed by atoms with van der Waals surface area (Å²) in [7, 11) is 4.23. The fourth-order valence-corrected chi connectivity index (χ4v) is 3.12. The molecule has 2 fully saturated rings. The zero-order valence-corrected chi connectivity index (χ0v) is 14.7. The Morgan fingerprint density at radius 1 is 0.955 bits per heavy atom. The van der Waals surface area contributed by atoms with Crippen molar-refractivity contribution in [3.8, 4) is 0 Å². The van der Waals surface area contributed by atoms with Gasteiger partial charge < -0.3 is 9.90 Å². The van der Waals surface area contributed by atoms with E-state index in [4.69, 9.17) is 5.11 Å². The highest BCUT2D eigenvalue weighted by Gasteiger charge is 2.22. The highest BCUT2D eigenvalue weighted by atomic mass is 16.3. The fraction of sp³-hybridized carbons (Fsp3) is 0.938. The summed E-state index contributed by atoms with van der Waals surface area (Å²) >= 11 is 0. The average Bonchev–Trinajstić information content (AvgIpc) is 2.50. The van der Waals surface area contributed by atoms with Gasteiger partial charge in [-0.2, -0.15) is 0 Å². The molecular weight excluding hydrogens is 280 g/mol. The molecule has 2 aliphatic heterocycles. The lowest BCUT2D eigenvalue weighted by Gasteiger charge is -2.39. The molecule has 6 nitrogen and oxygen atoms in total. The van der Waals surface area contributed by atoms with E-state index < -0.39 is 0 Å². The van der Waals surface area contributed by atoms with Crippen LogP contribution in [-0.2, 0) is 4.79 Å². The molecule has 2 rings (SSSR count). The van der Waals surface area contributed by atoms with E-state index >= 15 is 0 Å². The SMILES string of the molecule is CC1N(C)CCCN1CC=O.CC1N(C)CCCN1CCO. The maximum absolute atomic E-state index is 10.3. The minimum Gasteiger partial charge on any atom is -0.395 e. The summed E-state index contributed by atoms with van der Waals surface area (Å²) in [5, 5.41) is 8.76. The third-order valence-electron chi connectivity index (χ3n) is 4.94. The van der Waals surface area contributed by atoms with Crippen molar-refractivity contribution in [2.24, 2.45) is 0 Å². The summed E-state index contributed by atoms with van der Waals surface area (Å²) in [5.74, 6) is 0. The summed E-state index contributed by atoms with van der Waals surface area (Å²) in [6.45, 7) is 10.5. The first-order valence-corrected chi connectivity index (χ1v) is 8.44. The Hall–Kier alpha value is -0.530. The van der Waals surface area contributed by atoms with E-state index in [1.54, 1.807) is 0 Å². The Bertz CT molecular complexity index is 315. The molecular formula is C16H34N4O2. The molecule has 6 heteroatoms. The molecule has 0 spiro atoms. The van der Waals surface area contributed by atoms with Crippen LogP contribution in [0.4, 0.5) is 0 Å². The lowest BCUT2D eigenvalue weighted by molar-refractivity contribution is -0.110. The van der Waals surface area contributed by atoms with Crippen molar-refractivity contribution in [2.45, 2.75) is 39.0 Å². The van der Waals surface area contributed by atoms with Crippen LogP contribution in [0.2, 0.25) is 0 Å². The maximum atomic E-state index is 10.3. The van der Waals surface area contributed by atoms with Crippen molar-refractivity contribution in [3.63, 3.8) is 0 Å². The molecule has 2 saturated heterocycles. The van der Waals surface area contributed by atoms with E-state index in [1.807, 2.05) is 0 Å². The largest absolute Gasteiger partial charge is 0.395 e. The molecule has 0 saturated carbocycles. The molecule has 2 aliphatic rings. The number of carbonyl (C=O) groups is 1. The minimum atomic E-state index is 0.276. The summed E-state index contributed by atoms with van der Waals surface area (Å²) in [5.41, 5.74) is 0. The van der Waals surface area contributed by atoms with Gasteiger partial charge in [0.25, 0.3) is 0 Å². The van der Waals surface area contributed by atoms with Gasteiger partial charge in [-0.1, -0.05) is 0 Å². The van der Waals surface area contributed by atoms with E-state index in [9.17, 15) is 4.79 Å². The topological polar surface area (TPSA) is 50.3 Å². The first-order chi connectivity index (χ1) is 10.5. The molecule has 22 heavy (non-hydrogen) atoms. The smallest absolute Gasteiger partial charge is 0.134 e. The second-order valence-corrected chi connectivity index (χ2v) is 6.35. The van der Waals surface area contributed by atoms with Crippen LogP contribution >= 0.6 is 0 Å². The van der Waals surface area contributed by atoms with E-state index in [-0.39, 0.29) is 6.61 Å². The van der Waals surface area contributed by atoms with Crippen molar-refractivity contribution >= 4 is 6.29 Å². The van der Waals surface area contributed by atoms with Gasteiger partial charge in [0.2, 0.25) is 0 Å². The zero-order valence-electron chi connectivity index (χ0n) is 14.7. The van der Waals surface area contributed by atoms with Crippen LogP contribution in [0.3, 0.4) is 0 Å². The Morgan fingerprint density at radius 3 is 1.95 bits per heavy atom. The molecule has 130 valence electrons. The zero-order chi connectivity index (χ0) is 16.5. The van der Waals surface area contributed by atoms with Gasteiger partial charge in [-0.15, -0.1) is 0 Å². The minimum absolute atomic E-state index is 0.276. The average molecular weight is 314 g/mol. The molecule has 0 radical (unpaired) electrons.